The molecule has 0 aliphatic rings. The molecule has 0 N–H and O–H groups in total. The van der Waals surface area contributed by atoms with E-state index in [0.717, 1.165) is 49.5 Å². The normalized spacial score (nSPS) is 13.8. The maximum atomic E-state index is 7.64. The van der Waals surface area contributed by atoms with Crippen LogP contribution in [0.5, 0.6) is 0 Å². The second-order valence-electron chi connectivity index (χ2n) is 6.84. The smallest absolute Gasteiger partial charge is 0.216 e. The molecule has 2 nitrogen and oxygen atoms in total. The summed E-state index contributed by atoms with van der Waals surface area (Å²) in [5, 5.41) is 4.41. The molecule has 5 rings (SSSR count). The van der Waals surface area contributed by atoms with Crippen molar-refractivity contribution in [2.75, 3.05) is 0 Å². The third-order valence-electron chi connectivity index (χ3n) is 5.12. The van der Waals surface area contributed by atoms with Crippen LogP contribution in [0.3, 0.4) is 0 Å². The van der Waals surface area contributed by atoms with Gasteiger partial charge in [-0.05, 0) is 36.9 Å². The van der Waals surface area contributed by atoms with Gasteiger partial charge in [0.05, 0.1) is 11.5 Å². The second-order valence-corrected chi connectivity index (χ2v) is 6.84. The van der Waals surface area contributed by atoms with Gasteiger partial charge in [0.1, 0.15) is 18.2 Å². The molecular weight excluding hydrogens is 318 g/mol. The first kappa shape index (κ1) is 12.3. The number of fused-ring (bicyclic) bond motifs is 5. The summed E-state index contributed by atoms with van der Waals surface area (Å²) in [7, 11) is 2.01. The summed E-state index contributed by atoms with van der Waals surface area (Å²) in [5.41, 5.74) is 4.98. The van der Waals surface area contributed by atoms with Crippen LogP contribution in [0.15, 0.2) is 71.3 Å². The van der Waals surface area contributed by atoms with E-state index in [0.29, 0.717) is 5.56 Å². The minimum absolute atomic E-state index is 0.359. The largest absolute Gasteiger partial charge is 0.455 e. The fourth-order valence-corrected chi connectivity index (χ4v) is 3.81. The molecule has 2 heteroatoms. The van der Waals surface area contributed by atoms with E-state index in [1.807, 2.05) is 38.2 Å². The molecule has 2 heterocycles. The number of pyridine rings is 1. The molecule has 0 bridgehead atoms. The van der Waals surface area contributed by atoms with Crippen molar-refractivity contribution in [3.8, 4) is 11.3 Å². The van der Waals surface area contributed by atoms with E-state index in [-0.39, 0.29) is 0 Å². The van der Waals surface area contributed by atoms with Crippen molar-refractivity contribution in [2.45, 2.75) is 13.8 Å². The van der Waals surface area contributed by atoms with Crippen molar-refractivity contribution in [1.29, 1.82) is 0 Å². The third kappa shape index (κ3) is 2.15. The number of nitrogens with zero attached hydrogens (tertiary/aromatic N) is 1. The van der Waals surface area contributed by atoms with E-state index in [1.165, 1.54) is 0 Å². The maximum absolute atomic E-state index is 7.64. The summed E-state index contributed by atoms with van der Waals surface area (Å²) in [6.07, 6.45) is 2.09. The molecule has 0 aliphatic carbocycles. The molecule has 0 amide bonds. The van der Waals surface area contributed by atoms with E-state index < -0.39 is 6.85 Å². The Morgan fingerprint density at radius 1 is 0.923 bits per heavy atom. The minimum atomic E-state index is -2.10. The van der Waals surface area contributed by atoms with Crippen molar-refractivity contribution in [1.82, 2.24) is 0 Å². The molecule has 0 unspecified atom stereocenters. The van der Waals surface area contributed by atoms with Crippen molar-refractivity contribution in [3.05, 3.63) is 78.0 Å². The summed E-state index contributed by atoms with van der Waals surface area (Å²) in [4.78, 5) is 0. The Morgan fingerprint density at radius 3 is 2.65 bits per heavy atom. The molecule has 0 saturated heterocycles. The zero-order valence-electron chi connectivity index (χ0n) is 17.7. The quantitative estimate of drug-likeness (QED) is 0.350. The van der Waals surface area contributed by atoms with Gasteiger partial charge in [0.15, 0.2) is 6.20 Å². The molecule has 0 aliphatic heterocycles. The molecular formula is C24H20NO+. The fourth-order valence-electron chi connectivity index (χ4n) is 3.81. The Hall–Kier alpha value is -3.13. The second kappa shape index (κ2) is 5.43. The van der Waals surface area contributed by atoms with Gasteiger partial charge < -0.3 is 4.42 Å². The van der Waals surface area contributed by atoms with Crippen LogP contribution in [-0.4, -0.2) is 0 Å². The molecule has 2 aromatic heterocycles. The van der Waals surface area contributed by atoms with Crippen LogP contribution in [0.2, 0.25) is 0 Å². The number of hydrogen-bond acceptors (Lipinski definition) is 1. The van der Waals surface area contributed by atoms with Crippen molar-refractivity contribution in [3.63, 3.8) is 0 Å². The van der Waals surface area contributed by atoms with Gasteiger partial charge in [0, 0.05) is 20.4 Å². The minimum Gasteiger partial charge on any atom is -0.455 e. The molecule has 0 atom stereocenters. The lowest BCUT2D eigenvalue weighted by atomic mass is 10.0. The van der Waals surface area contributed by atoms with Gasteiger partial charge in [0.2, 0.25) is 5.69 Å². The van der Waals surface area contributed by atoms with Gasteiger partial charge in [-0.2, -0.15) is 0 Å². The molecule has 126 valence electrons. The monoisotopic (exact) mass is 341 g/mol. The number of furan rings is 1. The Balaban J connectivity index is 1.75. The number of rotatable bonds is 1. The SMILES string of the molecule is [2H]C([2H])([2H])c1ccc(-c2cc3oc4c5ccccc5ccc4c3c[n+]2C)c(C)c1. The first-order valence-electron chi connectivity index (χ1n) is 10.2. The average Bonchev–Trinajstić information content (AvgIpc) is 3.05. The van der Waals surface area contributed by atoms with Crippen LogP contribution in [0.4, 0.5) is 0 Å². The molecule has 0 saturated carbocycles. The molecule has 0 spiro atoms. The summed E-state index contributed by atoms with van der Waals surface area (Å²) >= 11 is 0. The number of hydrogen-bond donors (Lipinski definition) is 0. The standard InChI is InChI=1S/C24H20NO/c1-15-8-10-18(16(2)12-15)22-13-23-21(14-25(22)3)20-11-9-17-6-4-5-7-19(17)24(20)26-23/h4-14H,1-3H3/q+1/i1D3. The molecule has 0 radical (unpaired) electrons. The third-order valence-corrected chi connectivity index (χ3v) is 5.12. The van der Waals surface area contributed by atoms with Gasteiger partial charge in [-0.1, -0.05) is 48.0 Å². The van der Waals surface area contributed by atoms with Gasteiger partial charge in [0.25, 0.3) is 0 Å². The average molecular weight is 341 g/mol. The van der Waals surface area contributed by atoms with Crippen LogP contribution in [0.25, 0.3) is 44.0 Å². The first-order valence-corrected chi connectivity index (χ1v) is 8.68. The number of aromatic nitrogens is 1. The fraction of sp³-hybridized carbons (Fsp3) is 0.125. The van der Waals surface area contributed by atoms with Crippen molar-refractivity contribution in [2.24, 2.45) is 7.05 Å². The summed E-state index contributed by atoms with van der Waals surface area (Å²) < 4.78 is 31.3. The lowest BCUT2D eigenvalue weighted by Crippen LogP contribution is -2.30. The van der Waals surface area contributed by atoms with Crippen molar-refractivity contribution < 1.29 is 13.1 Å². The van der Waals surface area contributed by atoms with Crippen LogP contribution in [0.1, 0.15) is 15.2 Å². The van der Waals surface area contributed by atoms with Gasteiger partial charge in [-0.3, -0.25) is 0 Å². The predicted molar refractivity (Wildman–Crippen MR) is 107 cm³/mol. The highest BCUT2D eigenvalue weighted by atomic mass is 16.3. The lowest BCUT2D eigenvalue weighted by Gasteiger charge is -2.05. The Morgan fingerprint density at radius 2 is 1.81 bits per heavy atom. The zero-order valence-corrected chi connectivity index (χ0v) is 14.7. The molecule has 3 aromatic carbocycles. The Kier molecular flexibility index (Phi) is 2.56. The first-order chi connectivity index (χ1) is 13.8. The van der Waals surface area contributed by atoms with E-state index in [1.54, 1.807) is 12.1 Å². The van der Waals surface area contributed by atoms with Crippen molar-refractivity contribution >= 4 is 32.7 Å². The highest BCUT2D eigenvalue weighted by Crippen LogP contribution is 2.35. The van der Waals surface area contributed by atoms with Crippen LogP contribution in [0, 0.1) is 13.8 Å². The Bertz CT molecular complexity index is 1410. The van der Waals surface area contributed by atoms with E-state index in [9.17, 15) is 0 Å². The molecule has 5 aromatic rings. The van der Waals surface area contributed by atoms with Crippen LogP contribution < -0.4 is 4.57 Å². The van der Waals surface area contributed by atoms with E-state index in [2.05, 4.69) is 35.0 Å². The summed E-state index contributed by atoms with van der Waals surface area (Å²) in [5.74, 6) is 0. The topological polar surface area (TPSA) is 17.0 Å². The molecule has 0 fully saturated rings. The summed E-state index contributed by atoms with van der Waals surface area (Å²) in [6.45, 7) is -0.157. The maximum Gasteiger partial charge on any atom is 0.216 e. The van der Waals surface area contributed by atoms with Crippen LogP contribution in [-0.2, 0) is 7.05 Å². The number of aryl methyl sites for hydroxylation is 3. The van der Waals surface area contributed by atoms with Gasteiger partial charge in [-0.25, -0.2) is 4.57 Å². The lowest BCUT2D eigenvalue weighted by molar-refractivity contribution is -0.659. The Labute approximate surface area is 156 Å². The predicted octanol–water partition coefficient (Wildman–Crippen LogP) is 5.85. The van der Waals surface area contributed by atoms with Crippen LogP contribution >= 0.6 is 0 Å². The highest BCUT2D eigenvalue weighted by Gasteiger charge is 2.19. The van der Waals surface area contributed by atoms with Gasteiger partial charge in [-0.15, -0.1) is 0 Å². The summed E-state index contributed by atoms with van der Waals surface area (Å²) in [6, 6.07) is 19.8. The molecule has 26 heavy (non-hydrogen) atoms. The van der Waals surface area contributed by atoms with Gasteiger partial charge >= 0.3 is 0 Å². The number of benzene rings is 3. The van der Waals surface area contributed by atoms with E-state index >= 15 is 0 Å². The zero-order chi connectivity index (χ0) is 20.3. The highest BCUT2D eigenvalue weighted by molar-refractivity contribution is 6.14. The van der Waals surface area contributed by atoms with E-state index in [4.69, 9.17) is 8.53 Å².